The number of carbonyl (C=O) groups is 1. The number of phenols is 1. The molecule has 0 saturated heterocycles. The molecule has 1 aliphatic rings. The van der Waals surface area contributed by atoms with Gasteiger partial charge in [0.2, 0.25) is 0 Å². The van der Waals surface area contributed by atoms with E-state index in [2.05, 4.69) is 24.4 Å². The number of nitrogens with one attached hydrogen (secondary N) is 1. The molecular weight excluding hydrogens is 552 g/mol. The first-order chi connectivity index (χ1) is 20.0. The molecule has 8 nitrogen and oxygen atoms in total. The van der Waals surface area contributed by atoms with Gasteiger partial charge in [-0.25, -0.2) is 4.98 Å². The summed E-state index contributed by atoms with van der Waals surface area (Å²) in [5, 5.41) is 26.2. The van der Waals surface area contributed by atoms with Crippen molar-refractivity contribution in [2.75, 3.05) is 22.6 Å². The molecule has 3 N–H and O–H groups in total. The number of aryl methyl sites for hydroxylation is 1. The zero-order valence-electron chi connectivity index (χ0n) is 23.9. The molecule has 0 fully saturated rings. The van der Waals surface area contributed by atoms with Crippen LogP contribution in [0.3, 0.4) is 0 Å². The number of aliphatic hydroxyl groups excluding tert-OH is 1. The molecule has 2 aromatic heterocycles. The number of anilines is 2. The Morgan fingerprint density at radius 1 is 1.14 bits per heavy atom. The molecule has 3 heterocycles. The Labute approximate surface area is 249 Å². The quantitative estimate of drug-likeness (QED) is 0.191. The van der Waals surface area contributed by atoms with Crippen LogP contribution in [-0.4, -0.2) is 43.5 Å². The third-order valence-corrected chi connectivity index (χ3v) is 7.88. The molecule has 0 radical (unpaired) electrons. The van der Waals surface area contributed by atoms with Crippen molar-refractivity contribution < 1.29 is 19.7 Å². The van der Waals surface area contributed by atoms with Crippen LogP contribution in [0.15, 0.2) is 73.1 Å². The van der Waals surface area contributed by atoms with Crippen molar-refractivity contribution >= 4 is 45.3 Å². The average molecular weight is 585 g/mol. The maximum absolute atomic E-state index is 12.7. The standard InChI is InChI=1S/C33H33ClN4O4/c1-19-6-5-7-24-27(42-33(2,3)4)14-26-30(29(19)24)21(15-34)16-38(26)32(41)25-18-37-17-22(10-13-28(37)36-25)35-31(40)20-8-11-23(39)12-9-20/h5-14,17-18,21,32,39,41H,15-16H2,1-4H3,(H,35,40)/t21-,32?/m1/s1. The van der Waals surface area contributed by atoms with Crippen molar-refractivity contribution in [3.05, 3.63) is 95.4 Å². The minimum Gasteiger partial charge on any atom is -0.508 e. The van der Waals surface area contributed by atoms with E-state index >= 15 is 0 Å². The van der Waals surface area contributed by atoms with Gasteiger partial charge in [0, 0.05) is 53.4 Å². The largest absolute Gasteiger partial charge is 0.508 e. The lowest BCUT2D eigenvalue weighted by atomic mass is 9.92. The van der Waals surface area contributed by atoms with Crippen molar-refractivity contribution in [3.8, 4) is 11.5 Å². The van der Waals surface area contributed by atoms with Crippen LogP contribution in [-0.2, 0) is 0 Å². The van der Waals surface area contributed by atoms with E-state index in [0.29, 0.717) is 35.0 Å². The van der Waals surface area contributed by atoms with E-state index in [1.165, 1.54) is 12.1 Å². The van der Waals surface area contributed by atoms with Crippen LogP contribution in [0.5, 0.6) is 11.5 Å². The van der Waals surface area contributed by atoms with Crippen molar-refractivity contribution in [2.45, 2.75) is 45.4 Å². The second-order valence-corrected chi connectivity index (χ2v) is 12.1. The fraction of sp³-hybridized carbons (Fsp3) is 0.273. The summed E-state index contributed by atoms with van der Waals surface area (Å²) in [5.74, 6) is 0.982. The number of fused-ring (bicyclic) bond motifs is 4. The molecule has 0 saturated carbocycles. The molecule has 6 rings (SSSR count). The Kier molecular flexibility index (Phi) is 6.99. The van der Waals surface area contributed by atoms with E-state index in [1.54, 1.807) is 41.1 Å². The van der Waals surface area contributed by atoms with Gasteiger partial charge in [0.1, 0.15) is 28.4 Å². The number of carbonyl (C=O) groups excluding carboxylic acids is 1. The first-order valence-electron chi connectivity index (χ1n) is 13.9. The van der Waals surface area contributed by atoms with Crippen molar-refractivity contribution in [2.24, 2.45) is 0 Å². The summed E-state index contributed by atoms with van der Waals surface area (Å²) in [4.78, 5) is 19.3. The van der Waals surface area contributed by atoms with E-state index in [9.17, 15) is 15.0 Å². The molecule has 5 aromatic rings. The van der Waals surface area contributed by atoms with Gasteiger partial charge in [0.15, 0.2) is 6.23 Å². The SMILES string of the molecule is Cc1cccc2c(OC(C)(C)C)cc3c(c12)[C@H](CCl)CN3C(O)c1cn2cc(NC(=O)c3ccc(O)cc3)ccc2n1. The second kappa shape index (κ2) is 10.5. The van der Waals surface area contributed by atoms with Crippen LogP contribution in [0.4, 0.5) is 11.4 Å². The number of benzene rings is 3. The lowest BCUT2D eigenvalue weighted by Gasteiger charge is -2.27. The van der Waals surface area contributed by atoms with Gasteiger partial charge in [-0.2, -0.15) is 0 Å². The van der Waals surface area contributed by atoms with Crippen LogP contribution < -0.4 is 15.0 Å². The number of imidazole rings is 1. The summed E-state index contributed by atoms with van der Waals surface area (Å²) >= 11 is 6.52. The summed E-state index contributed by atoms with van der Waals surface area (Å²) in [5.41, 5.74) is 4.81. The van der Waals surface area contributed by atoms with Crippen LogP contribution in [0.1, 0.15) is 60.1 Å². The maximum Gasteiger partial charge on any atom is 0.255 e. The van der Waals surface area contributed by atoms with E-state index < -0.39 is 11.8 Å². The van der Waals surface area contributed by atoms with Gasteiger partial charge in [-0.1, -0.05) is 18.2 Å². The molecule has 3 aromatic carbocycles. The predicted octanol–water partition coefficient (Wildman–Crippen LogP) is 6.76. The number of amides is 1. The Balaban J connectivity index is 1.35. The zero-order valence-corrected chi connectivity index (χ0v) is 24.7. The van der Waals surface area contributed by atoms with E-state index in [-0.39, 0.29) is 17.6 Å². The van der Waals surface area contributed by atoms with Crippen LogP contribution in [0.2, 0.25) is 0 Å². The van der Waals surface area contributed by atoms with Gasteiger partial charge >= 0.3 is 0 Å². The third kappa shape index (κ3) is 5.12. The van der Waals surface area contributed by atoms with Gasteiger partial charge in [0.05, 0.1) is 5.69 Å². The Hall–Kier alpha value is -4.27. The molecule has 216 valence electrons. The lowest BCUT2D eigenvalue weighted by Crippen LogP contribution is -2.28. The molecule has 42 heavy (non-hydrogen) atoms. The van der Waals surface area contributed by atoms with Crippen molar-refractivity contribution in [3.63, 3.8) is 0 Å². The number of rotatable bonds is 6. The summed E-state index contributed by atoms with van der Waals surface area (Å²) < 4.78 is 8.20. The van der Waals surface area contributed by atoms with Crippen molar-refractivity contribution in [1.29, 1.82) is 0 Å². The molecular formula is C33H33ClN4O4. The Bertz CT molecular complexity index is 1810. The van der Waals surface area contributed by atoms with E-state index in [0.717, 1.165) is 33.3 Å². The fourth-order valence-electron chi connectivity index (χ4n) is 5.67. The van der Waals surface area contributed by atoms with E-state index in [1.807, 2.05) is 37.8 Å². The highest BCUT2D eigenvalue weighted by molar-refractivity contribution is 6.19. The number of aromatic hydroxyl groups is 1. The molecule has 0 spiro atoms. The molecule has 1 unspecified atom stereocenters. The summed E-state index contributed by atoms with van der Waals surface area (Å²) in [7, 11) is 0. The number of pyridine rings is 1. The highest BCUT2D eigenvalue weighted by atomic mass is 35.5. The summed E-state index contributed by atoms with van der Waals surface area (Å²) in [6, 6.07) is 17.8. The van der Waals surface area contributed by atoms with Crippen LogP contribution >= 0.6 is 11.6 Å². The maximum atomic E-state index is 12.7. The number of phenolic OH excluding ortho intramolecular Hbond substituents is 1. The highest BCUT2D eigenvalue weighted by Gasteiger charge is 2.36. The molecule has 0 aliphatic carbocycles. The average Bonchev–Trinajstić information content (AvgIpc) is 3.53. The first kappa shape index (κ1) is 27.9. The monoisotopic (exact) mass is 584 g/mol. The summed E-state index contributed by atoms with van der Waals surface area (Å²) in [6.07, 6.45) is 2.49. The van der Waals surface area contributed by atoms with Crippen LogP contribution in [0.25, 0.3) is 16.4 Å². The second-order valence-electron chi connectivity index (χ2n) is 11.7. The number of alkyl halides is 1. The smallest absolute Gasteiger partial charge is 0.255 e. The Morgan fingerprint density at radius 3 is 2.62 bits per heavy atom. The van der Waals surface area contributed by atoms with Gasteiger partial charge in [-0.05, 0) is 80.6 Å². The number of hydrogen-bond acceptors (Lipinski definition) is 6. The Morgan fingerprint density at radius 2 is 1.90 bits per heavy atom. The molecule has 9 heteroatoms. The number of ether oxygens (including phenoxy) is 1. The topological polar surface area (TPSA) is 99.3 Å². The molecule has 1 amide bonds. The number of nitrogens with zero attached hydrogens (tertiary/aromatic N) is 3. The van der Waals surface area contributed by atoms with Gasteiger partial charge in [-0.15, -0.1) is 11.6 Å². The van der Waals surface area contributed by atoms with E-state index in [4.69, 9.17) is 21.3 Å². The number of aromatic nitrogens is 2. The third-order valence-electron chi connectivity index (χ3n) is 7.51. The lowest BCUT2D eigenvalue weighted by molar-refractivity contribution is 0.102. The number of hydrogen-bond donors (Lipinski definition) is 3. The van der Waals surface area contributed by atoms with Gasteiger partial charge in [-0.3, -0.25) is 4.79 Å². The van der Waals surface area contributed by atoms with Gasteiger partial charge < -0.3 is 29.6 Å². The molecule has 0 bridgehead atoms. The fourth-order valence-corrected chi connectivity index (χ4v) is 5.93. The highest BCUT2D eigenvalue weighted by Crippen LogP contribution is 2.49. The van der Waals surface area contributed by atoms with Crippen LogP contribution in [0, 0.1) is 6.92 Å². The van der Waals surface area contributed by atoms with Crippen molar-refractivity contribution in [1.82, 2.24) is 9.38 Å². The molecule has 1 aliphatic heterocycles. The molecule has 2 atom stereocenters. The predicted molar refractivity (Wildman–Crippen MR) is 166 cm³/mol. The normalized spacial score (nSPS) is 15.7. The summed E-state index contributed by atoms with van der Waals surface area (Å²) in [6.45, 7) is 8.69. The number of halogens is 1. The zero-order chi connectivity index (χ0) is 29.8. The number of aliphatic hydroxyl groups is 1. The minimum absolute atomic E-state index is 0.0161. The first-order valence-corrected chi connectivity index (χ1v) is 14.4. The minimum atomic E-state index is -1.03. The van der Waals surface area contributed by atoms with Gasteiger partial charge in [0.25, 0.3) is 5.91 Å².